The Bertz CT molecular complexity index is 395. The van der Waals surface area contributed by atoms with Gasteiger partial charge in [0.1, 0.15) is 5.01 Å². The number of carbonyl (C=O) groups is 1. The number of aromatic nitrogens is 1. The Labute approximate surface area is 93.5 Å². The van der Waals surface area contributed by atoms with Crippen LogP contribution in [0.25, 0.3) is 0 Å². The van der Waals surface area contributed by atoms with Crippen LogP contribution in [0, 0.1) is 0 Å². The van der Waals surface area contributed by atoms with Crippen LogP contribution in [0.2, 0.25) is 0 Å². The summed E-state index contributed by atoms with van der Waals surface area (Å²) in [5.74, 6) is -0.208. The normalized spacial score (nSPS) is 17.5. The SMILES string of the molecule is COC(=O)Cc1nc2c(s1)CCC2(C)C. The third-order valence-corrected chi connectivity index (χ3v) is 4.00. The first-order valence-electron chi connectivity index (χ1n) is 5.09. The molecule has 1 heterocycles. The number of aryl methyl sites for hydroxylation is 1. The molecule has 1 aromatic rings. The lowest BCUT2D eigenvalue weighted by molar-refractivity contribution is -0.139. The third kappa shape index (κ3) is 1.91. The number of methoxy groups -OCH3 is 1. The molecular weight excluding hydrogens is 210 g/mol. The van der Waals surface area contributed by atoms with Crippen LogP contribution in [-0.4, -0.2) is 18.1 Å². The van der Waals surface area contributed by atoms with E-state index in [2.05, 4.69) is 23.6 Å². The smallest absolute Gasteiger partial charge is 0.312 e. The molecule has 0 saturated heterocycles. The molecule has 15 heavy (non-hydrogen) atoms. The van der Waals surface area contributed by atoms with Gasteiger partial charge < -0.3 is 4.74 Å². The summed E-state index contributed by atoms with van der Waals surface area (Å²) >= 11 is 1.66. The molecule has 82 valence electrons. The second kappa shape index (κ2) is 3.59. The summed E-state index contributed by atoms with van der Waals surface area (Å²) in [4.78, 5) is 17.0. The predicted molar refractivity (Wildman–Crippen MR) is 59.2 cm³/mol. The minimum atomic E-state index is -0.208. The maximum absolute atomic E-state index is 11.1. The number of hydrogen-bond acceptors (Lipinski definition) is 4. The third-order valence-electron chi connectivity index (χ3n) is 2.88. The second-order valence-electron chi connectivity index (χ2n) is 4.52. The van der Waals surface area contributed by atoms with Gasteiger partial charge in [-0.05, 0) is 12.8 Å². The van der Waals surface area contributed by atoms with Crippen LogP contribution in [-0.2, 0) is 27.8 Å². The van der Waals surface area contributed by atoms with Gasteiger partial charge in [-0.2, -0.15) is 0 Å². The largest absolute Gasteiger partial charge is 0.469 e. The summed E-state index contributed by atoms with van der Waals surface area (Å²) in [6, 6.07) is 0. The molecule has 1 aromatic heterocycles. The maximum atomic E-state index is 11.1. The van der Waals surface area contributed by atoms with Crippen molar-refractivity contribution in [1.29, 1.82) is 0 Å². The van der Waals surface area contributed by atoms with E-state index in [1.165, 1.54) is 24.1 Å². The van der Waals surface area contributed by atoms with Crippen molar-refractivity contribution in [2.75, 3.05) is 7.11 Å². The van der Waals surface area contributed by atoms with Crippen molar-refractivity contribution in [3.8, 4) is 0 Å². The van der Waals surface area contributed by atoms with Crippen molar-refractivity contribution >= 4 is 17.3 Å². The minimum Gasteiger partial charge on any atom is -0.469 e. The van der Waals surface area contributed by atoms with Crippen LogP contribution in [0.15, 0.2) is 0 Å². The van der Waals surface area contributed by atoms with Gasteiger partial charge in [-0.15, -0.1) is 11.3 Å². The average molecular weight is 225 g/mol. The lowest BCUT2D eigenvalue weighted by Gasteiger charge is -2.15. The van der Waals surface area contributed by atoms with Gasteiger partial charge in [0.2, 0.25) is 0 Å². The highest BCUT2D eigenvalue weighted by Crippen LogP contribution is 2.40. The van der Waals surface area contributed by atoms with E-state index in [-0.39, 0.29) is 11.4 Å². The van der Waals surface area contributed by atoms with E-state index in [1.54, 1.807) is 11.3 Å². The van der Waals surface area contributed by atoms with Gasteiger partial charge in [-0.3, -0.25) is 4.79 Å². The van der Waals surface area contributed by atoms with E-state index < -0.39 is 0 Å². The van der Waals surface area contributed by atoms with E-state index in [1.807, 2.05) is 0 Å². The average Bonchev–Trinajstić information content (AvgIpc) is 2.68. The van der Waals surface area contributed by atoms with E-state index in [9.17, 15) is 4.79 Å². The zero-order valence-corrected chi connectivity index (χ0v) is 10.1. The van der Waals surface area contributed by atoms with Crippen LogP contribution < -0.4 is 0 Å². The highest BCUT2D eigenvalue weighted by Gasteiger charge is 2.33. The fourth-order valence-electron chi connectivity index (χ4n) is 1.91. The maximum Gasteiger partial charge on any atom is 0.312 e. The number of ether oxygens (including phenoxy) is 1. The summed E-state index contributed by atoms with van der Waals surface area (Å²) in [7, 11) is 1.41. The van der Waals surface area contributed by atoms with Crippen LogP contribution >= 0.6 is 11.3 Å². The second-order valence-corrected chi connectivity index (χ2v) is 5.68. The fourth-order valence-corrected chi connectivity index (χ4v) is 3.15. The van der Waals surface area contributed by atoms with E-state index in [0.29, 0.717) is 6.42 Å². The molecule has 0 N–H and O–H groups in total. The summed E-state index contributed by atoms with van der Waals surface area (Å²) in [6.45, 7) is 4.42. The number of nitrogens with zero attached hydrogens (tertiary/aromatic N) is 1. The Morgan fingerprint density at radius 2 is 2.33 bits per heavy atom. The molecule has 0 bridgehead atoms. The predicted octanol–water partition coefficient (Wildman–Crippen LogP) is 2.08. The summed E-state index contributed by atoms with van der Waals surface area (Å²) in [6.07, 6.45) is 2.57. The van der Waals surface area contributed by atoms with Crippen molar-refractivity contribution in [2.24, 2.45) is 0 Å². The standard InChI is InChI=1S/C11H15NO2S/c1-11(2)5-4-7-10(11)12-8(15-7)6-9(13)14-3/h4-6H2,1-3H3. The number of rotatable bonds is 2. The van der Waals surface area contributed by atoms with E-state index in [4.69, 9.17) is 0 Å². The zero-order valence-electron chi connectivity index (χ0n) is 9.29. The van der Waals surface area contributed by atoms with Crippen LogP contribution in [0.5, 0.6) is 0 Å². The Hall–Kier alpha value is -0.900. The van der Waals surface area contributed by atoms with E-state index >= 15 is 0 Å². The molecule has 0 aromatic carbocycles. The molecule has 2 rings (SSSR count). The lowest BCUT2D eigenvalue weighted by Crippen LogP contribution is -2.13. The van der Waals surface area contributed by atoms with Gasteiger partial charge in [0, 0.05) is 10.3 Å². The quantitative estimate of drug-likeness (QED) is 0.723. The fraction of sp³-hybridized carbons (Fsp3) is 0.636. The van der Waals surface area contributed by atoms with Crippen molar-refractivity contribution in [3.63, 3.8) is 0 Å². The molecule has 0 atom stereocenters. The van der Waals surface area contributed by atoms with Gasteiger partial charge in [-0.25, -0.2) is 4.98 Å². The first-order chi connectivity index (χ1) is 7.03. The first kappa shape index (κ1) is 10.6. The molecule has 0 unspecified atom stereocenters. The molecule has 4 heteroatoms. The van der Waals surface area contributed by atoms with Gasteiger partial charge in [-0.1, -0.05) is 13.8 Å². The van der Waals surface area contributed by atoms with Crippen molar-refractivity contribution in [2.45, 2.75) is 38.5 Å². The molecule has 3 nitrogen and oxygen atoms in total. The van der Waals surface area contributed by atoms with Crippen LogP contribution in [0.4, 0.5) is 0 Å². The number of thiazole rings is 1. The topological polar surface area (TPSA) is 39.2 Å². The van der Waals surface area contributed by atoms with Crippen molar-refractivity contribution in [3.05, 3.63) is 15.6 Å². The Balaban J connectivity index is 2.22. The molecule has 0 radical (unpaired) electrons. The van der Waals surface area contributed by atoms with Gasteiger partial charge in [0.05, 0.1) is 19.2 Å². The molecule has 0 amide bonds. The lowest BCUT2D eigenvalue weighted by atomic mass is 9.91. The Kier molecular flexibility index (Phi) is 2.54. The number of hydrogen-bond donors (Lipinski definition) is 0. The van der Waals surface area contributed by atoms with Gasteiger partial charge >= 0.3 is 5.97 Å². The van der Waals surface area contributed by atoms with Gasteiger partial charge in [0.15, 0.2) is 0 Å². The number of fused-ring (bicyclic) bond motifs is 1. The van der Waals surface area contributed by atoms with Gasteiger partial charge in [0.25, 0.3) is 0 Å². The molecule has 0 saturated carbocycles. The van der Waals surface area contributed by atoms with Crippen molar-refractivity contribution in [1.82, 2.24) is 4.98 Å². The Morgan fingerprint density at radius 3 is 2.93 bits per heavy atom. The Morgan fingerprint density at radius 1 is 1.60 bits per heavy atom. The van der Waals surface area contributed by atoms with Crippen LogP contribution in [0.3, 0.4) is 0 Å². The number of carbonyl (C=O) groups excluding carboxylic acids is 1. The monoisotopic (exact) mass is 225 g/mol. The first-order valence-corrected chi connectivity index (χ1v) is 5.90. The van der Waals surface area contributed by atoms with Crippen molar-refractivity contribution < 1.29 is 9.53 Å². The zero-order chi connectivity index (χ0) is 11.1. The van der Waals surface area contributed by atoms with Crippen LogP contribution in [0.1, 0.15) is 35.8 Å². The van der Waals surface area contributed by atoms with E-state index in [0.717, 1.165) is 11.4 Å². The minimum absolute atomic E-state index is 0.181. The molecular formula is C11H15NO2S. The summed E-state index contributed by atoms with van der Waals surface area (Å²) < 4.78 is 4.63. The molecule has 0 spiro atoms. The summed E-state index contributed by atoms with van der Waals surface area (Å²) in [5, 5.41) is 0.889. The molecule has 0 fully saturated rings. The number of esters is 1. The highest BCUT2D eigenvalue weighted by molar-refractivity contribution is 7.11. The highest BCUT2D eigenvalue weighted by atomic mass is 32.1. The summed E-state index contributed by atoms with van der Waals surface area (Å²) in [5.41, 5.74) is 1.37. The molecule has 1 aliphatic carbocycles. The molecule has 1 aliphatic rings. The molecule has 0 aliphatic heterocycles.